The third-order valence-corrected chi connectivity index (χ3v) is 11.5. The van der Waals surface area contributed by atoms with Gasteiger partial charge < -0.3 is 39.9 Å². The molecule has 1 fully saturated rings. The lowest BCUT2D eigenvalue weighted by Gasteiger charge is -2.41. The summed E-state index contributed by atoms with van der Waals surface area (Å²) >= 11 is 0. The van der Waals surface area contributed by atoms with Crippen LogP contribution in [0.15, 0.2) is 72.9 Å². The van der Waals surface area contributed by atoms with Crippen LogP contribution in [0.5, 0.6) is 0 Å². The lowest BCUT2D eigenvalue weighted by Crippen LogP contribution is -2.64. The van der Waals surface area contributed by atoms with Gasteiger partial charge in [-0.15, -0.1) is 0 Å². The molecule has 1 aliphatic rings. The Morgan fingerprint density at radius 3 is 1.40 bits per heavy atom. The highest BCUT2D eigenvalue weighted by molar-refractivity contribution is 7.47. The van der Waals surface area contributed by atoms with Crippen LogP contribution in [0, 0.1) is 0 Å². The first-order valence-corrected chi connectivity index (χ1v) is 25.2. The number of phosphoric ester groups is 1. The Morgan fingerprint density at radius 1 is 0.508 bits per heavy atom. The third kappa shape index (κ3) is 31.0. The lowest BCUT2D eigenvalue weighted by molar-refractivity contribution is -0.220. The normalized spacial score (nSPS) is 22.3. The molecule has 14 heteroatoms. The highest BCUT2D eigenvalue weighted by Gasteiger charge is 2.51. The van der Waals surface area contributed by atoms with Crippen molar-refractivity contribution in [1.29, 1.82) is 0 Å². The van der Waals surface area contributed by atoms with Gasteiger partial charge >= 0.3 is 19.8 Å². The molecule has 1 saturated carbocycles. The number of hydrogen-bond acceptors (Lipinski definition) is 12. The Labute approximate surface area is 378 Å². The van der Waals surface area contributed by atoms with E-state index in [1.54, 1.807) is 0 Å². The van der Waals surface area contributed by atoms with Crippen molar-refractivity contribution in [3.05, 3.63) is 72.9 Å². The first-order valence-electron chi connectivity index (χ1n) is 23.7. The van der Waals surface area contributed by atoms with Gasteiger partial charge in [-0.1, -0.05) is 145 Å². The Morgan fingerprint density at radius 2 is 0.905 bits per heavy atom. The molecule has 0 heterocycles. The second-order valence-electron chi connectivity index (χ2n) is 16.2. The van der Waals surface area contributed by atoms with Crippen LogP contribution in [0.25, 0.3) is 0 Å². The Bertz CT molecular complexity index is 1380. The quantitative estimate of drug-likeness (QED) is 0.0148. The minimum atomic E-state index is -5.14. The predicted molar refractivity (Wildman–Crippen MR) is 249 cm³/mol. The number of unbranched alkanes of at least 4 members (excludes halogenated alkanes) is 14. The van der Waals surface area contributed by atoms with Gasteiger partial charge in [0.1, 0.15) is 43.2 Å². The molecule has 0 radical (unpaired) electrons. The zero-order chi connectivity index (χ0) is 46.4. The van der Waals surface area contributed by atoms with Gasteiger partial charge in [-0.2, -0.15) is 0 Å². The smallest absolute Gasteiger partial charge is 0.462 e. The van der Waals surface area contributed by atoms with E-state index in [2.05, 4.69) is 86.8 Å². The van der Waals surface area contributed by atoms with E-state index in [1.165, 1.54) is 51.4 Å². The third-order valence-electron chi connectivity index (χ3n) is 10.5. The van der Waals surface area contributed by atoms with Crippen molar-refractivity contribution in [2.75, 3.05) is 13.2 Å². The van der Waals surface area contributed by atoms with Gasteiger partial charge in [0.15, 0.2) is 6.10 Å². The van der Waals surface area contributed by atoms with E-state index in [0.29, 0.717) is 12.8 Å². The molecule has 63 heavy (non-hydrogen) atoms. The van der Waals surface area contributed by atoms with Crippen molar-refractivity contribution < 1.29 is 63.1 Å². The molecule has 8 atom stereocenters. The monoisotopic (exact) mass is 911 g/mol. The van der Waals surface area contributed by atoms with Crippen molar-refractivity contribution >= 4 is 19.8 Å². The minimum absolute atomic E-state index is 0.0511. The minimum Gasteiger partial charge on any atom is -0.462 e. The zero-order valence-electron chi connectivity index (χ0n) is 38.3. The molecule has 0 bridgehead atoms. The SMILES string of the molecule is CC/C=C/C/C=C/C/C=C/C/C=C/C/C=C/CCCCCC(=O)O[C@H](COC(=O)CCCCC/C=C/CCCCCCCCCC)COP(=O)(O)OC1C(O)C(O)C(O)[C@@H](O)C1O. The number of hydrogen-bond donors (Lipinski definition) is 6. The van der Waals surface area contributed by atoms with Crippen LogP contribution in [0.4, 0.5) is 0 Å². The summed E-state index contributed by atoms with van der Waals surface area (Å²) in [5, 5.41) is 50.2. The summed E-state index contributed by atoms with van der Waals surface area (Å²) in [6.45, 7) is 3.14. The van der Waals surface area contributed by atoms with Crippen molar-refractivity contribution in [2.24, 2.45) is 0 Å². The molecule has 362 valence electrons. The van der Waals surface area contributed by atoms with Crippen LogP contribution in [-0.2, 0) is 32.7 Å². The maximum Gasteiger partial charge on any atom is 0.472 e. The number of phosphoric acid groups is 1. The fraction of sp³-hybridized carbons (Fsp3) is 0.714. The van der Waals surface area contributed by atoms with E-state index in [4.69, 9.17) is 18.5 Å². The molecule has 0 aliphatic heterocycles. The predicted octanol–water partition coefficient (Wildman–Crippen LogP) is 9.50. The number of allylic oxidation sites excluding steroid dienone is 12. The van der Waals surface area contributed by atoms with Crippen LogP contribution in [0.3, 0.4) is 0 Å². The summed E-state index contributed by atoms with van der Waals surface area (Å²) < 4.78 is 33.5. The van der Waals surface area contributed by atoms with Crippen molar-refractivity contribution in [1.82, 2.24) is 0 Å². The molecule has 0 saturated heterocycles. The molecular formula is C49H83O13P. The second kappa shape index (κ2) is 38.5. The van der Waals surface area contributed by atoms with E-state index in [1.807, 2.05) is 0 Å². The van der Waals surface area contributed by atoms with Crippen molar-refractivity contribution in [3.63, 3.8) is 0 Å². The molecule has 1 rings (SSSR count). The Balaban J connectivity index is 2.49. The number of aliphatic hydroxyl groups is 5. The summed E-state index contributed by atoms with van der Waals surface area (Å²) in [6.07, 6.45) is 35.2. The van der Waals surface area contributed by atoms with Crippen LogP contribution in [0.2, 0.25) is 0 Å². The van der Waals surface area contributed by atoms with Gasteiger partial charge in [0.2, 0.25) is 0 Å². The molecule has 0 amide bonds. The average molecular weight is 911 g/mol. The van der Waals surface area contributed by atoms with Gasteiger partial charge in [0, 0.05) is 12.8 Å². The van der Waals surface area contributed by atoms with E-state index < -0.39 is 75.7 Å². The largest absolute Gasteiger partial charge is 0.472 e. The summed E-state index contributed by atoms with van der Waals surface area (Å²) in [5.41, 5.74) is 0. The highest BCUT2D eigenvalue weighted by atomic mass is 31.2. The van der Waals surface area contributed by atoms with Gasteiger partial charge in [-0.3, -0.25) is 18.6 Å². The van der Waals surface area contributed by atoms with E-state index in [-0.39, 0.29) is 12.8 Å². The lowest BCUT2D eigenvalue weighted by atomic mass is 9.85. The molecule has 1 aliphatic carbocycles. The van der Waals surface area contributed by atoms with Crippen molar-refractivity contribution in [2.45, 2.75) is 211 Å². The fourth-order valence-corrected chi connectivity index (χ4v) is 7.69. The molecule has 6 N–H and O–H groups in total. The number of aliphatic hydroxyl groups excluding tert-OH is 5. The summed E-state index contributed by atoms with van der Waals surface area (Å²) in [6, 6.07) is 0. The van der Waals surface area contributed by atoms with Crippen molar-refractivity contribution in [3.8, 4) is 0 Å². The second-order valence-corrected chi connectivity index (χ2v) is 17.6. The van der Waals surface area contributed by atoms with E-state index >= 15 is 0 Å². The standard InChI is InChI=1S/C49H83O13P/c1-3-5-7-9-11-13-15-17-19-20-21-22-24-26-28-30-32-34-36-38-43(51)61-41(40-60-63(57,58)62-49-47(55)45(53)44(52)46(54)48(49)56)39-59-42(50)37-35-33-31-29-27-25-23-18-16-14-12-10-8-6-4-2/h5,7,11,13,17,19,21-22,25-28,41,44-49,52-56H,3-4,6,8-10,12,14-16,18,20,23-24,29-40H2,1-2H3,(H,57,58)/b7-5+,13-11+,19-17+,22-21+,27-25+,28-26+/t41-,44?,45-,46?,47?,48?,49?/m1/s1. The number of esters is 2. The molecule has 0 spiro atoms. The summed E-state index contributed by atoms with van der Waals surface area (Å²) in [5.74, 6) is -1.16. The molecular weight excluding hydrogens is 828 g/mol. The van der Waals surface area contributed by atoms with Crippen LogP contribution in [-0.4, -0.2) is 98.3 Å². The molecule has 13 nitrogen and oxygen atoms in total. The highest BCUT2D eigenvalue weighted by Crippen LogP contribution is 2.47. The van der Waals surface area contributed by atoms with Crippen LogP contribution in [0.1, 0.15) is 168 Å². The number of carbonyl (C=O) groups is 2. The van der Waals surface area contributed by atoms with Gasteiger partial charge in [0.05, 0.1) is 6.61 Å². The average Bonchev–Trinajstić information content (AvgIpc) is 3.26. The fourth-order valence-electron chi connectivity index (χ4n) is 6.72. The van der Waals surface area contributed by atoms with Crippen LogP contribution >= 0.6 is 7.82 Å². The van der Waals surface area contributed by atoms with Gasteiger partial charge in [0.25, 0.3) is 0 Å². The zero-order valence-corrected chi connectivity index (χ0v) is 39.2. The van der Waals surface area contributed by atoms with E-state index in [9.17, 15) is 44.6 Å². The number of rotatable bonds is 38. The first-order chi connectivity index (χ1) is 30.4. The molecule has 0 aromatic rings. The molecule has 0 aromatic heterocycles. The number of carbonyl (C=O) groups excluding carboxylic acids is 2. The summed E-state index contributed by atoms with van der Waals surface area (Å²) in [4.78, 5) is 35.7. The maximum absolute atomic E-state index is 12.8. The first kappa shape index (κ1) is 58.3. The van der Waals surface area contributed by atoms with E-state index in [0.717, 1.165) is 77.0 Å². The molecule has 6 unspecified atom stereocenters. The summed E-state index contributed by atoms with van der Waals surface area (Å²) in [7, 11) is -5.14. The maximum atomic E-state index is 12.8. The Hall–Kier alpha value is -2.71. The number of ether oxygens (including phenoxy) is 2. The van der Waals surface area contributed by atoms with Gasteiger partial charge in [-0.25, -0.2) is 4.57 Å². The van der Waals surface area contributed by atoms with Crippen LogP contribution < -0.4 is 0 Å². The Kier molecular flexibility index (Phi) is 35.7. The van der Waals surface area contributed by atoms with Gasteiger partial charge in [-0.05, 0) is 83.5 Å². The molecule has 0 aromatic carbocycles. The topological polar surface area (TPSA) is 210 Å².